The second-order valence-corrected chi connectivity index (χ2v) is 7.82. The minimum Gasteiger partial charge on any atom is -0.364 e. The first-order valence-electron chi connectivity index (χ1n) is 10.3. The third-order valence-corrected chi connectivity index (χ3v) is 6.14. The van der Waals surface area contributed by atoms with E-state index in [9.17, 15) is 14.0 Å². The highest BCUT2D eigenvalue weighted by molar-refractivity contribution is 6.45. The molecule has 2 aliphatic heterocycles. The molecule has 0 spiro atoms. The quantitative estimate of drug-likeness (QED) is 0.729. The van der Waals surface area contributed by atoms with Crippen LogP contribution in [0.2, 0.25) is 0 Å². The summed E-state index contributed by atoms with van der Waals surface area (Å²) in [5.74, 6) is -1.04. The van der Waals surface area contributed by atoms with Gasteiger partial charge in [0.25, 0.3) is 11.8 Å². The maximum Gasteiger partial charge on any atom is 0.282 e. The lowest BCUT2D eigenvalue weighted by Gasteiger charge is -2.36. The highest BCUT2D eigenvalue weighted by Crippen LogP contribution is 2.37. The van der Waals surface area contributed by atoms with Gasteiger partial charge in [-0.2, -0.15) is 0 Å². The number of benzene rings is 2. The number of nitrogens with zero attached hydrogens (tertiary/aromatic N) is 3. The molecule has 5 nitrogen and oxygen atoms in total. The topological polar surface area (TPSA) is 43.9 Å². The Bertz CT molecular complexity index is 1020. The molecule has 156 valence electrons. The van der Waals surface area contributed by atoms with E-state index >= 15 is 0 Å². The molecule has 30 heavy (non-hydrogen) atoms. The van der Waals surface area contributed by atoms with Gasteiger partial charge in [-0.1, -0.05) is 31.2 Å². The lowest BCUT2D eigenvalue weighted by molar-refractivity contribution is -0.120. The summed E-state index contributed by atoms with van der Waals surface area (Å²) >= 11 is 0. The Balaban J connectivity index is 1.80. The van der Waals surface area contributed by atoms with Crippen LogP contribution in [-0.4, -0.2) is 54.3 Å². The van der Waals surface area contributed by atoms with Gasteiger partial charge in [0.15, 0.2) is 0 Å². The van der Waals surface area contributed by atoms with Crippen molar-refractivity contribution in [3.8, 4) is 0 Å². The van der Waals surface area contributed by atoms with Gasteiger partial charge in [-0.3, -0.25) is 9.59 Å². The Kier molecular flexibility index (Phi) is 5.43. The SMILES string of the molecule is CCN1CCN(C2=C(c3ccc(F)cc3)C(=O)N(c3cccc(C)c3C)C2=O)CC1. The van der Waals surface area contributed by atoms with Crippen molar-refractivity contribution >= 4 is 23.1 Å². The molecule has 4 rings (SSSR count). The third kappa shape index (κ3) is 3.41. The number of carbonyl (C=O) groups is 2. The Morgan fingerprint density at radius 2 is 1.57 bits per heavy atom. The van der Waals surface area contributed by atoms with E-state index in [1.807, 2.05) is 30.9 Å². The van der Waals surface area contributed by atoms with Crippen LogP contribution in [0.5, 0.6) is 0 Å². The molecule has 2 aliphatic rings. The van der Waals surface area contributed by atoms with E-state index < -0.39 is 0 Å². The summed E-state index contributed by atoms with van der Waals surface area (Å²) in [5, 5.41) is 0. The number of anilines is 1. The Morgan fingerprint density at radius 1 is 0.900 bits per heavy atom. The number of imide groups is 1. The van der Waals surface area contributed by atoms with Crippen LogP contribution in [0.15, 0.2) is 48.2 Å². The second kappa shape index (κ2) is 8.03. The lowest BCUT2D eigenvalue weighted by Crippen LogP contribution is -2.47. The summed E-state index contributed by atoms with van der Waals surface area (Å²) in [6, 6.07) is 11.4. The molecule has 2 aromatic rings. The van der Waals surface area contributed by atoms with E-state index in [0.29, 0.717) is 35.6 Å². The van der Waals surface area contributed by atoms with Crippen molar-refractivity contribution in [2.24, 2.45) is 0 Å². The number of hydrogen-bond acceptors (Lipinski definition) is 4. The molecule has 0 radical (unpaired) electrons. The van der Waals surface area contributed by atoms with E-state index in [4.69, 9.17) is 0 Å². The van der Waals surface area contributed by atoms with Gasteiger partial charge < -0.3 is 9.80 Å². The Hall–Kier alpha value is -2.99. The van der Waals surface area contributed by atoms with E-state index in [0.717, 1.165) is 30.8 Å². The largest absolute Gasteiger partial charge is 0.364 e. The Labute approximate surface area is 176 Å². The van der Waals surface area contributed by atoms with Gasteiger partial charge in [0, 0.05) is 26.2 Å². The standard InChI is InChI=1S/C24H26FN3O2/c1-4-26-12-14-27(15-13-26)22-21(18-8-10-19(25)11-9-18)23(29)28(24(22)30)20-7-5-6-16(2)17(20)3/h5-11H,4,12-15H2,1-3H3. The van der Waals surface area contributed by atoms with Crippen LogP contribution >= 0.6 is 0 Å². The monoisotopic (exact) mass is 407 g/mol. The average molecular weight is 407 g/mol. The van der Waals surface area contributed by atoms with Gasteiger partial charge in [-0.25, -0.2) is 9.29 Å². The highest BCUT2D eigenvalue weighted by atomic mass is 19.1. The van der Waals surface area contributed by atoms with Crippen LogP contribution in [0.25, 0.3) is 5.57 Å². The number of amides is 2. The summed E-state index contributed by atoms with van der Waals surface area (Å²) < 4.78 is 13.5. The number of piperazine rings is 1. The molecule has 0 atom stereocenters. The number of carbonyl (C=O) groups excluding carboxylic acids is 2. The van der Waals surface area contributed by atoms with Crippen LogP contribution in [0, 0.1) is 19.7 Å². The third-order valence-electron chi connectivity index (χ3n) is 6.14. The van der Waals surface area contributed by atoms with Crippen LogP contribution in [0.3, 0.4) is 0 Å². The maximum absolute atomic E-state index is 13.6. The molecule has 6 heteroatoms. The van der Waals surface area contributed by atoms with Crippen molar-refractivity contribution in [3.05, 3.63) is 70.7 Å². The van der Waals surface area contributed by atoms with Crippen LogP contribution in [0.1, 0.15) is 23.6 Å². The molecule has 2 amide bonds. The molecule has 0 bridgehead atoms. The van der Waals surface area contributed by atoms with Gasteiger partial charge in [-0.15, -0.1) is 0 Å². The number of hydrogen-bond donors (Lipinski definition) is 0. The van der Waals surface area contributed by atoms with E-state index in [-0.39, 0.29) is 17.6 Å². The van der Waals surface area contributed by atoms with Crippen LogP contribution in [-0.2, 0) is 9.59 Å². The predicted molar refractivity (Wildman–Crippen MR) is 115 cm³/mol. The normalized spacial score (nSPS) is 18.0. The molecule has 0 unspecified atom stereocenters. The molecular formula is C24H26FN3O2. The number of halogens is 1. The molecule has 2 aromatic carbocycles. The fourth-order valence-corrected chi connectivity index (χ4v) is 4.17. The average Bonchev–Trinajstić information content (AvgIpc) is 3.01. The predicted octanol–water partition coefficient (Wildman–Crippen LogP) is 3.36. The number of aryl methyl sites for hydroxylation is 1. The summed E-state index contributed by atoms with van der Waals surface area (Å²) in [5.41, 5.74) is 3.85. The smallest absolute Gasteiger partial charge is 0.282 e. The van der Waals surface area contributed by atoms with Crippen molar-refractivity contribution in [3.63, 3.8) is 0 Å². The van der Waals surface area contributed by atoms with Gasteiger partial charge in [0.2, 0.25) is 0 Å². The highest BCUT2D eigenvalue weighted by Gasteiger charge is 2.43. The fourth-order valence-electron chi connectivity index (χ4n) is 4.17. The molecule has 0 aromatic heterocycles. The van der Waals surface area contributed by atoms with Crippen molar-refractivity contribution < 1.29 is 14.0 Å². The first-order valence-corrected chi connectivity index (χ1v) is 10.3. The summed E-state index contributed by atoms with van der Waals surface area (Å²) in [6.07, 6.45) is 0. The van der Waals surface area contributed by atoms with Gasteiger partial charge in [0.05, 0.1) is 11.3 Å². The van der Waals surface area contributed by atoms with E-state index in [1.54, 1.807) is 18.2 Å². The zero-order valence-corrected chi connectivity index (χ0v) is 17.6. The van der Waals surface area contributed by atoms with Crippen molar-refractivity contribution in [2.45, 2.75) is 20.8 Å². The minimum absolute atomic E-state index is 0.307. The number of likely N-dealkylation sites (N-methyl/N-ethyl adjacent to an activating group) is 1. The van der Waals surface area contributed by atoms with Gasteiger partial charge in [0.1, 0.15) is 11.5 Å². The molecule has 1 saturated heterocycles. The maximum atomic E-state index is 13.6. The second-order valence-electron chi connectivity index (χ2n) is 7.82. The van der Waals surface area contributed by atoms with Crippen LogP contribution in [0.4, 0.5) is 10.1 Å². The van der Waals surface area contributed by atoms with E-state index in [1.165, 1.54) is 17.0 Å². The molecule has 2 heterocycles. The summed E-state index contributed by atoms with van der Waals surface area (Å²) in [7, 11) is 0. The van der Waals surface area contributed by atoms with Gasteiger partial charge >= 0.3 is 0 Å². The number of rotatable bonds is 4. The molecule has 0 saturated carbocycles. The van der Waals surface area contributed by atoms with Crippen molar-refractivity contribution in [1.82, 2.24) is 9.80 Å². The fraction of sp³-hybridized carbons (Fsp3) is 0.333. The van der Waals surface area contributed by atoms with Crippen molar-refractivity contribution in [2.75, 3.05) is 37.6 Å². The van der Waals surface area contributed by atoms with Crippen LogP contribution < -0.4 is 4.90 Å². The molecule has 0 aliphatic carbocycles. The first-order chi connectivity index (χ1) is 14.4. The zero-order chi connectivity index (χ0) is 21.4. The Morgan fingerprint density at radius 3 is 2.20 bits per heavy atom. The molecule has 1 fully saturated rings. The summed E-state index contributed by atoms with van der Waals surface area (Å²) in [4.78, 5) is 32.8. The molecular weight excluding hydrogens is 381 g/mol. The van der Waals surface area contributed by atoms with E-state index in [2.05, 4.69) is 11.8 Å². The van der Waals surface area contributed by atoms with Gasteiger partial charge in [-0.05, 0) is 55.3 Å². The first kappa shape index (κ1) is 20.3. The minimum atomic E-state index is -0.374. The molecule has 0 N–H and O–H groups in total. The summed E-state index contributed by atoms with van der Waals surface area (Å²) in [6.45, 7) is 9.97. The lowest BCUT2D eigenvalue weighted by atomic mass is 10.0. The zero-order valence-electron chi connectivity index (χ0n) is 17.6. The van der Waals surface area contributed by atoms with Crippen molar-refractivity contribution in [1.29, 1.82) is 0 Å².